The first-order chi connectivity index (χ1) is 24.9. The van der Waals surface area contributed by atoms with E-state index in [1.54, 1.807) is 19.5 Å². The molecule has 0 N–H and O–H groups in total. The number of rotatable bonds is 9. The number of pyridine rings is 1. The summed E-state index contributed by atoms with van der Waals surface area (Å²) in [5.74, 6) is -1.51. The van der Waals surface area contributed by atoms with Crippen molar-refractivity contribution >= 4 is 21.9 Å². The molecule has 2 aliphatic carbocycles. The van der Waals surface area contributed by atoms with E-state index in [9.17, 15) is 8.78 Å². The van der Waals surface area contributed by atoms with E-state index >= 15 is 4.39 Å². The molecule has 7 rings (SSSR count). The summed E-state index contributed by atoms with van der Waals surface area (Å²) in [6.45, 7) is 8.22. The van der Waals surface area contributed by atoms with Crippen molar-refractivity contribution in [1.29, 1.82) is 0 Å². The predicted octanol–water partition coefficient (Wildman–Crippen LogP) is 10.9. The first-order valence-corrected chi connectivity index (χ1v) is 19.3. The number of anilines is 1. The molecule has 2 unspecified atom stereocenters. The van der Waals surface area contributed by atoms with Gasteiger partial charge in [-0.2, -0.15) is 0 Å². The van der Waals surface area contributed by atoms with Gasteiger partial charge in [0.15, 0.2) is 6.17 Å². The number of alkyl halides is 3. The molecule has 1 saturated carbocycles. The van der Waals surface area contributed by atoms with Gasteiger partial charge in [-0.15, -0.1) is 0 Å². The Morgan fingerprint density at radius 2 is 1.56 bits per heavy atom. The second-order valence-corrected chi connectivity index (χ2v) is 16.7. The molecule has 276 valence electrons. The highest BCUT2D eigenvalue weighted by atomic mass is 79.9. The first-order valence-electron chi connectivity index (χ1n) is 18.5. The summed E-state index contributed by atoms with van der Waals surface area (Å²) < 4.78 is 60.2. The van der Waals surface area contributed by atoms with Crippen molar-refractivity contribution in [2.45, 2.75) is 109 Å². The zero-order valence-corrected chi connectivity index (χ0v) is 32.1. The highest BCUT2D eigenvalue weighted by molar-refractivity contribution is 9.10. The molecule has 0 radical (unpaired) electrons. The van der Waals surface area contributed by atoms with E-state index in [1.165, 1.54) is 0 Å². The van der Waals surface area contributed by atoms with E-state index in [1.807, 2.05) is 55.5 Å². The van der Waals surface area contributed by atoms with Crippen LogP contribution in [0.15, 0.2) is 65.4 Å². The van der Waals surface area contributed by atoms with E-state index < -0.39 is 12.1 Å². The van der Waals surface area contributed by atoms with Crippen molar-refractivity contribution in [2.75, 3.05) is 25.1 Å². The van der Waals surface area contributed by atoms with Crippen molar-refractivity contribution in [3.63, 3.8) is 0 Å². The van der Waals surface area contributed by atoms with Gasteiger partial charge in [-0.05, 0) is 102 Å². The van der Waals surface area contributed by atoms with Crippen molar-refractivity contribution in [3.8, 4) is 5.75 Å². The molecule has 2 fully saturated rings. The summed E-state index contributed by atoms with van der Waals surface area (Å²) in [4.78, 5) is 16.7. The van der Waals surface area contributed by atoms with Crippen molar-refractivity contribution < 1.29 is 22.6 Å². The number of ether oxygens (including phenoxy) is 2. The number of aryl methyl sites for hydroxylation is 1. The molecule has 2 atom stereocenters. The summed E-state index contributed by atoms with van der Waals surface area (Å²) >= 11 is 3.43. The topological polar surface area (TPSA) is 60.4 Å². The van der Waals surface area contributed by atoms with Crippen molar-refractivity contribution in [1.82, 2.24) is 15.0 Å². The van der Waals surface area contributed by atoms with Crippen molar-refractivity contribution in [2.24, 2.45) is 5.41 Å². The molecule has 3 aliphatic rings. The highest BCUT2D eigenvalue weighted by Gasteiger charge is 2.44. The van der Waals surface area contributed by atoms with Gasteiger partial charge in [0.25, 0.3) is 0 Å². The van der Waals surface area contributed by atoms with Gasteiger partial charge in [-0.3, -0.25) is 4.98 Å². The van der Waals surface area contributed by atoms with Gasteiger partial charge in [0.2, 0.25) is 11.9 Å². The van der Waals surface area contributed by atoms with E-state index in [0.717, 1.165) is 63.1 Å². The third kappa shape index (κ3) is 8.03. The van der Waals surface area contributed by atoms with Crippen LogP contribution in [0.5, 0.6) is 5.75 Å². The minimum atomic E-state index is -2.72. The molecule has 2 aromatic heterocycles. The SMILES string of the molecule is COc1ccc(COC2CC(C)(C)Cc3nc(C4CCN(c5ncc(Br)cn5)CC4)c(C(F)c4ccc(C)cc4)c(C4CCC(F)(F)CC4)c32)cc1. The number of hydrogen-bond acceptors (Lipinski definition) is 6. The summed E-state index contributed by atoms with van der Waals surface area (Å²) in [5.41, 5.74) is 6.56. The molecule has 1 aliphatic heterocycles. The minimum Gasteiger partial charge on any atom is -0.497 e. The van der Waals surface area contributed by atoms with Crippen LogP contribution in [0.1, 0.15) is 128 Å². The lowest BCUT2D eigenvalue weighted by Gasteiger charge is -2.42. The van der Waals surface area contributed by atoms with Crippen LogP contribution < -0.4 is 9.64 Å². The molecule has 6 nitrogen and oxygen atoms in total. The molecule has 0 amide bonds. The number of hydrogen-bond donors (Lipinski definition) is 0. The van der Waals surface area contributed by atoms with E-state index in [2.05, 4.69) is 44.6 Å². The van der Waals surface area contributed by atoms with Gasteiger partial charge in [-0.1, -0.05) is 55.8 Å². The van der Waals surface area contributed by atoms with Crippen LogP contribution in [0.2, 0.25) is 0 Å². The number of aromatic nitrogens is 3. The molecule has 2 aromatic carbocycles. The second-order valence-electron chi connectivity index (χ2n) is 15.7. The normalized spacial score (nSPS) is 21.1. The number of halogens is 4. The Morgan fingerprint density at radius 3 is 2.19 bits per heavy atom. The number of piperidine rings is 1. The van der Waals surface area contributed by atoms with E-state index in [0.29, 0.717) is 56.0 Å². The summed E-state index contributed by atoms with van der Waals surface area (Å²) in [5, 5.41) is 0. The standard InChI is InChI=1S/C42H48BrF3N4O2/c1-26-5-9-29(10-6-26)38(44)37-35(28-13-17-42(45,46)18-14-28)36-33(21-41(2,3)22-34(36)52-25-27-7-11-32(51-4)12-8-27)49-39(37)30-15-19-50(20-16-30)40-47-23-31(43)24-48-40/h5-12,23-24,28,30,34,38H,13-22,25H2,1-4H3. The zero-order chi connectivity index (χ0) is 36.6. The molecule has 3 heterocycles. The molecule has 52 heavy (non-hydrogen) atoms. The van der Waals surface area contributed by atoms with Crippen LogP contribution in [0.25, 0.3) is 0 Å². The maximum atomic E-state index is 17.7. The van der Waals surface area contributed by atoms with E-state index in [-0.39, 0.29) is 36.2 Å². The second kappa shape index (κ2) is 15.1. The van der Waals surface area contributed by atoms with Gasteiger partial charge in [0.05, 0.1) is 30.0 Å². The van der Waals surface area contributed by atoms with Crippen LogP contribution in [-0.2, 0) is 17.8 Å². The fraction of sp³-hybridized carbons (Fsp3) is 0.500. The molecule has 1 saturated heterocycles. The van der Waals surface area contributed by atoms with Crippen LogP contribution >= 0.6 is 15.9 Å². The van der Waals surface area contributed by atoms with Crippen LogP contribution in [-0.4, -0.2) is 41.1 Å². The lowest BCUT2D eigenvalue weighted by molar-refractivity contribution is -0.0390. The van der Waals surface area contributed by atoms with Crippen LogP contribution in [0.3, 0.4) is 0 Å². The number of fused-ring (bicyclic) bond motifs is 1. The van der Waals surface area contributed by atoms with E-state index in [4.69, 9.17) is 14.5 Å². The number of benzene rings is 2. The third-order valence-corrected chi connectivity index (χ3v) is 11.7. The average Bonchev–Trinajstić information content (AvgIpc) is 3.13. The fourth-order valence-electron chi connectivity index (χ4n) is 8.46. The van der Waals surface area contributed by atoms with Gasteiger partial charge in [0, 0.05) is 61.1 Å². The Hall–Kier alpha value is -3.50. The highest BCUT2D eigenvalue weighted by Crippen LogP contribution is 2.53. The van der Waals surface area contributed by atoms with Gasteiger partial charge in [-0.25, -0.2) is 23.1 Å². The summed E-state index contributed by atoms with van der Waals surface area (Å²) in [7, 11) is 1.64. The maximum absolute atomic E-state index is 17.7. The Bertz CT molecular complexity index is 1840. The third-order valence-electron chi connectivity index (χ3n) is 11.3. The Morgan fingerprint density at radius 1 is 0.904 bits per heavy atom. The maximum Gasteiger partial charge on any atom is 0.248 e. The monoisotopic (exact) mass is 776 g/mol. The molecule has 10 heteroatoms. The molecule has 0 bridgehead atoms. The smallest absolute Gasteiger partial charge is 0.248 e. The minimum absolute atomic E-state index is 0.0109. The van der Waals surface area contributed by atoms with Gasteiger partial charge < -0.3 is 14.4 Å². The fourth-order valence-corrected chi connectivity index (χ4v) is 8.66. The largest absolute Gasteiger partial charge is 0.497 e. The number of nitrogens with zero attached hydrogens (tertiary/aromatic N) is 4. The molecular weight excluding hydrogens is 729 g/mol. The van der Waals surface area contributed by atoms with Crippen LogP contribution in [0, 0.1) is 12.3 Å². The lowest BCUT2D eigenvalue weighted by atomic mass is 9.68. The zero-order valence-electron chi connectivity index (χ0n) is 30.5. The Labute approximate surface area is 313 Å². The quantitative estimate of drug-likeness (QED) is 0.169. The van der Waals surface area contributed by atoms with Crippen molar-refractivity contribution in [3.05, 3.63) is 110 Å². The Kier molecular flexibility index (Phi) is 10.7. The van der Waals surface area contributed by atoms with Gasteiger partial charge >= 0.3 is 0 Å². The van der Waals surface area contributed by atoms with Gasteiger partial charge in [0.1, 0.15) is 5.75 Å². The molecular formula is C42H48BrF3N4O2. The lowest BCUT2D eigenvalue weighted by Crippen LogP contribution is -2.36. The first kappa shape index (κ1) is 36.8. The summed E-state index contributed by atoms with van der Waals surface area (Å²) in [6, 6.07) is 15.4. The molecule has 4 aromatic rings. The van der Waals surface area contributed by atoms with Crippen LogP contribution in [0.4, 0.5) is 19.1 Å². The average molecular weight is 778 g/mol. The Balaban J connectivity index is 1.35. The summed E-state index contributed by atoms with van der Waals surface area (Å²) in [6.07, 6.45) is 4.79. The predicted molar refractivity (Wildman–Crippen MR) is 201 cm³/mol. The molecule has 0 spiro atoms. The number of methoxy groups -OCH3 is 1.